The maximum absolute atomic E-state index is 13.3. The number of nitrogens with zero attached hydrogens (tertiary/aromatic N) is 6. The molecule has 1 fully saturated rings. The van der Waals surface area contributed by atoms with Crippen molar-refractivity contribution >= 4 is 70.6 Å². The number of anilines is 3. The Labute approximate surface area is 542 Å². The van der Waals surface area contributed by atoms with E-state index in [1.165, 1.54) is 25.3 Å². The molecule has 3 aromatic carbocycles. The van der Waals surface area contributed by atoms with Gasteiger partial charge in [-0.15, -0.1) is 0 Å². The Morgan fingerprint density at radius 2 is 0.670 bits per heavy atom. The third-order valence-electron chi connectivity index (χ3n) is 15.1. The van der Waals surface area contributed by atoms with Crippen LogP contribution in [0.4, 0.5) is 17.1 Å². The zero-order valence-electron chi connectivity index (χ0n) is 52.2. The van der Waals surface area contributed by atoms with Crippen molar-refractivity contribution in [2.45, 2.75) is 116 Å². The maximum atomic E-state index is 13.3. The molecule has 0 aliphatic carbocycles. The SMILES string of the molecule is CC[C@H]1CN(Cc2cc(C#Cc3ccc(NC(=O)CCC(=O)O)cc3)cc(C(=O)O)n2)[C@@H](CC)CN(Cc2cc(C#Cc3ccc(NC(=O)CCC(=O)O)cc3)cc(C(=O)OC)n2)[C@@H](CC)CN1Cc1cc(C#Cc2ccc(NC(=O)CCC(=O)O)cc2)cc(C(=O)O)n1. The van der Waals surface area contributed by atoms with Crippen molar-refractivity contribution in [1.29, 1.82) is 0 Å². The summed E-state index contributed by atoms with van der Waals surface area (Å²) in [6.45, 7) is 8.01. The predicted molar refractivity (Wildman–Crippen MR) is 345 cm³/mol. The predicted octanol–water partition coefficient (Wildman–Crippen LogP) is 7.82. The molecule has 0 radical (unpaired) electrons. The van der Waals surface area contributed by atoms with E-state index in [4.69, 9.17) is 25.0 Å². The van der Waals surface area contributed by atoms with Gasteiger partial charge in [0.05, 0.1) is 43.5 Å². The lowest BCUT2D eigenvalue weighted by atomic mass is 10.1. The number of carbonyl (C=O) groups is 9. The number of methoxy groups -OCH3 is 1. The van der Waals surface area contributed by atoms with Gasteiger partial charge >= 0.3 is 35.8 Å². The topological polar surface area (TPSA) is 348 Å². The summed E-state index contributed by atoms with van der Waals surface area (Å²) in [5.41, 5.74) is 5.08. The number of carboxylic acids is 5. The van der Waals surface area contributed by atoms with Crippen LogP contribution in [0.25, 0.3) is 0 Å². The van der Waals surface area contributed by atoms with E-state index in [0.29, 0.717) is 106 Å². The van der Waals surface area contributed by atoms with E-state index >= 15 is 0 Å². The molecule has 0 unspecified atom stereocenters. The highest BCUT2D eigenvalue weighted by atomic mass is 16.5. The number of carbonyl (C=O) groups excluding carboxylic acids is 4. The molecular weight excluding hydrogens is 1210 g/mol. The maximum Gasteiger partial charge on any atom is 0.356 e. The third kappa shape index (κ3) is 22.1. The highest BCUT2D eigenvalue weighted by Gasteiger charge is 2.34. The van der Waals surface area contributed by atoms with Crippen LogP contribution in [0.3, 0.4) is 0 Å². The smallest absolute Gasteiger partial charge is 0.356 e. The number of aromatic carboxylic acids is 2. The van der Waals surface area contributed by atoms with E-state index in [0.717, 1.165) is 0 Å². The Morgan fingerprint density at radius 3 is 0.926 bits per heavy atom. The highest BCUT2D eigenvalue weighted by molar-refractivity contribution is 5.94. The lowest BCUT2D eigenvalue weighted by Gasteiger charge is -2.37. The van der Waals surface area contributed by atoms with E-state index in [9.17, 15) is 53.4 Å². The molecule has 8 N–H and O–H groups in total. The fourth-order valence-electron chi connectivity index (χ4n) is 10.3. The minimum Gasteiger partial charge on any atom is -0.481 e. The molecule has 3 aromatic heterocycles. The monoisotopic (exact) mass is 1280 g/mol. The fourth-order valence-corrected chi connectivity index (χ4v) is 10.3. The van der Waals surface area contributed by atoms with E-state index in [2.05, 4.69) is 96.9 Å². The highest BCUT2D eigenvalue weighted by Crippen LogP contribution is 2.26. The molecule has 0 spiro atoms. The molecule has 1 aliphatic heterocycles. The van der Waals surface area contributed by atoms with Gasteiger partial charge in [-0.3, -0.25) is 43.5 Å². The van der Waals surface area contributed by atoms with Gasteiger partial charge in [-0.05, 0) is 128 Å². The van der Waals surface area contributed by atoms with Crippen molar-refractivity contribution in [2.24, 2.45) is 0 Å². The van der Waals surface area contributed by atoms with Crippen molar-refractivity contribution in [2.75, 3.05) is 42.7 Å². The van der Waals surface area contributed by atoms with Crippen LogP contribution in [0.15, 0.2) is 109 Å². The van der Waals surface area contributed by atoms with Gasteiger partial charge in [-0.2, -0.15) is 0 Å². The van der Waals surface area contributed by atoms with Gasteiger partial charge in [-0.25, -0.2) is 29.3 Å². The number of benzene rings is 3. The van der Waals surface area contributed by atoms with Crippen LogP contribution >= 0.6 is 0 Å². The van der Waals surface area contributed by atoms with Gasteiger partial charge in [-0.1, -0.05) is 56.3 Å². The summed E-state index contributed by atoms with van der Waals surface area (Å²) in [6, 6.07) is 28.7. The first-order valence-corrected chi connectivity index (χ1v) is 30.3. The molecule has 3 amide bonds. The van der Waals surface area contributed by atoms with Crippen LogP contribution in [0.5, 0.6) is 0 Å². The van der Waals surface area contributed by atoms with Crippen molar-refractivity contribution < 1.29 is 73.4 Å². The summed E-state index contributed by atoms with van der Waals surface area (Å²) in [5, 5.41) is 55.7. The number of nitrogens with one attached hydrogen (secondary N) is 3. The molecule has 4 heterocycles. The van der Waals surface area contributed by atoms with Gasteiger partial charge in [0.25, 0.3) is 0 Å². The molecule has 7 rings (SSSR count). The van der Waals surface area contributed by atoms with E-state index in [-0.39, 0.29) is 93.4 Å². The average molecular weight is 1280 g/mol. The van der Waals surface area contributed by atoms with Crippen molar-refractivity contribution in [3.63, 3.8) is 0 Å². The fraction of sp³-hybridized carbons (Fsp3) is 0.314. The summed E-state index contributed by atoms with van der Waals surface area (Å²) >= 11 is 0. The molecule has 94 heavy (non-hydrogen) atoms. The normalized spacial score (nSPS) is 14.9. The molecule has 6 aromatic rings. The number of aromatic nitrogens is 3. The van der Waals surface area contributed by atoms with Crippen LogP contribution in [-0.2, 0) is 53.1 Å². The summed E-state index contributed by atoms with van der Waals surface area (Å²) in [6.07, 6.45) is 0.285. The first kappa shape index (κ1) is 70.4. The second-order valence-electron chi connectivity index (χ2n) is 22.1. The van der Waals surface area contributed by atoms with Gasteiger partial charge in [0.1, 0.15) is 17.1 Å². The summed E-state index contributed by atoms with van der Waals surface area (Å²) in [4.78, 5) is 130. The molecule has 24 nitrogen and oxygen atoms in total. The number of carboxylic acid groups (broad SMARTS) is 5. The largest absolute Gasteiger partial charge is 0.481 e. The zero-order valence-corrected chi connectivity index (χ0v) is 52.2. The van der Waals surface area contributed by atoms with Crippen LogP contribution in [0.2, 0.25) is 0 Å². The van der Waals surface area contributed by atoms with Crippen LogP contribution in [-0.4, -0.2) is 154 Å². The Morgan fingerprint density at radius 1 is 0.404 bits per heavy atom. The van der Waals surface area contributed by atoms with Gasteiger partial charge in [0.15, 0.2) is 0 Å². The van der Waals surface area contributed by atoms with E-state index in [1.54, 1.807) is 91.0 Å². The van der Waals surface area contributed by atoms with E-state index in [1.807, 2.05) is 0 Å². The second kappa shape index (κ2) is 34.4. The first-order valence-electron chi connectivity index (χ1n) is 30.3. The quantitative estimate of drug-likeness (QED) is 0.0211. The van der Waals surface area contributed by atoms with Gasteiger partial charge < -0.3 is 46.2 Å². The number of ether oxygens (including phenoxy) is 1. The number of hydrogen-bond donors (Lipinski definition) is 8. The number of amides is 3. The second-order valence-corrected chi connectivity index (χ2v) is 22.1. The minimum atomic E-state index is -1.27. The molecule has 1 aliphatic rings. The number of pyridine rings is 3. The lowest BCUT2D eigenvalue weighted by molar-refractivity contribution is -0.138. The molecule has 486 valence electrons. The molecule has 3 atom stereocenters. The summed E-state index contributed by atoms with van der Waals surface area (Å²) in [7, 11) is 1.25. The van der Waals surface area contributed by atoms with Crippen LogP contribution < -0.4 is 16.0 Å². The molecular formula is C70H71N9O15. The molecule has 24 heteroatoms. The molecule has 0 saturated carbocycles. The Balaban J connectivity index is 1.26. The first-order chi connectivity index (χ1) is 45.0. The summed E-state index contributed by atoms with van der Waals surface area (Å²) < 4.78 is 5.17. The minimum absolute atomic E-state index is 0.0138. The van der Waals surface area contributed by atoms with Crippen molar-refractivity contribution in [1.82, 2.24) is 29.7 Å². The van der Waals surface area contributed by atoms with Gasteiger partial charge in [0, 0.05) is 127 Å². The Kier molecular flexibility index (Phi) is 25.7. The number of rotatable bonds is 24. The third-order valence-corrected chi connectivity index (χ3v) is 15.1. The zero-order chi connectivity index (χ0) is 67.8. The van der Waals surface area contributed by atoms with Crippen LogP contribution in [0.1, 0.15) is 160 Å². The number of esters is 1. The lowest BCUT2D eigenvalue weighted by Crippen LogP contribution is -2.47. The molecule has 1 saturated heterocycles. The number of hydrogen-bond acceptors (Lipinski definition) is 16. The van der Waals surface area contributed by atoms with Crippen molar-refractivity contribution in [3.05, 3.63) is 177 Å². The van der Waals surface area contributed by atoms with Gasteiger partial charge in [0.2, 0.25) is 17.7 Å². The standard InChI is InChI=1S/C70H71N9O15/c1-5-56-41-77(38-53-32-47(35-59(71-53)68(89)90)11-8-44-14-20-50(21-15-44)74-62(80)26-29-65(83)84)57(6-2)43-79(40-55-34-49(37-61(73-55)70(93)94-4)13-10-46-18-24-52(25-19-46)76-64(82)28-31-67(87)88)58(7-3)42-78(56)39-54-33-48(36-60(72-54)69(91)92)12-9-45-16-22-51(23-17-45)75-63(81)27-30-66(85)86/h14-25,32-37,56-58H,5-7,26-31,38-43H2,1-4H3,(H,74,80)(H,75,81)(H,76,82)(H,83,84)(H,85,86)(H,87,88)(H,89,90)(H,91,92)/t56-,57-,58-/m0/s1. The van der Waals surface area contributed by atoms with E-state index < -0.39 is 53.5 Å². The Hall–Kier alpha value is -11.1. The van der Waals surface area contributed by atoms with Crippen molar-refractivity contribution in [3.8, 4) is 35.5 Å². The summed E-state index contributed by atoms with van der Waals surface area (Å²) in [5.74, 6) is 10.7. The Bertz CT molecular complexity index is 3840. The van der Waals surface area contributed by atoms with Crippen LogP contribution in [0, 0.1) is 35.5 Å². The number of aliphatic carboxylic acids is 3. The molecule has 0 bridgehead atoms. The average Bonchev–Trinajstić information content (AvgIpc) is 1.47.